The summed E-state index contributed by atoms with van der Waals surface area (Å²) < 4.78 is 35.8. The van der Waals surface area contributed by atoms with Gasteiger partial charge in [-0.05, 0) is 44.5 Å². The number of hydrogen-bond donors (Lipinski definition) is 1. The van der Waals surface area contributed by atoms with E-state index in [1.54, 1.807) is 33.2 Å². The quantitative estimate of drug-likeness (QED) is 0.285. The maximum Gasteiger partial charge on any atom is 0.262 e. The third kappa shape index (κ3) is 5.10. The number of carbonyl (C=O) groups is 1. The third-order valence-corrected chi connectivity index (χ3v) is 5.92. The van der Waals surface area contributed by atoms with Crippen molar-refractivity contribution in [3.63, 3.8) is 0 Å². The Balaban J connectivity index is 1.59. The zero-order valence-corrected chi connectivity index (χ0v) is 19.4. The van der Waals surface area contributed by atoms with Crippen LogP contribution < -0.4 is 10.9 Å². The number of hydrogen-bond acceptors (Lipinski definition) is 6. The molecule has 34 heavy (non-hydrogen) atoms. The molecule has 4 aromatic rings. The fourth-order valence-electron chi connectivity index (χ4n) is 3.48. The highest BCUT2D eigenvalue weighted by atomic mass is 32.2. The summed E-state index contributed by atoms with van der Waals surface area (Å²) in [6.07, 6.45) is 0.714. The predicted octanol–water partition coefficient (Wildman–Crippen LogP) is 3.87. The second kappa shape index (κ2) is 10.3. The van der Waals surface area contributed by atoms with Crippen molar-refractivity contribution < 1.29 is 18.3 Å². The largest absolute Gasteiger partial charge is 0.379 e. The molecule has 0 fully saturated rings. The molecule has 11 heteroatoms. The van der Waals surface area contributed by atoms with Crippen LogP contribution in [0.15, 0.2) is 52.4 Å². The van der Waals surface area contributed by atoms with Crippen molar-refractivity contribution in [1.82, 2.24) is 19.2 Å². The number of nitrogens with zero attached hydrogens (tertiary/aromatic N) is 4. The molecule has 2 aromatic carbocycles. The molecular formula is C23H23F2N5O3S. The van der Waals surface area contributed by atoms with Gasteiger partial charge in [0.05, 0.1) is 28.4 Å². The molecule has 0 saturated carbocycles. The standard InChI is InChI=1S/C23H23F2N5O3S/c1-14(2)33-11-5-10-29-21(32)16-6-3-4-7-19(16)30-22(29)27-28-23(30)34-13-20(31)26-18-9-8-15(24)12-17(18)25/h3-4,6-9,12,14H,5,10-11,13H2,1-2H3,(H,26,31). The Labute approximate surface area is 197 Å². The molecular weight excluding hydrogens is 464 g/mol. The number of anilines is 1. The van der Waals surface area contributed by atoms with E-state index in [0.29, 0.717) is 47.5 Å². The Bertz CT molecular complexity index is 1400. The monoisotopic (exact) mass is 487 g/mol. The van der Waals surface area contributed by atoms with E-state index in [1.807, 2.05) is 13.8 Å². The van der Waals surface area contributed by atoms with Crippen molar-refractivity contribution in [1.29, 1.82) is 0 Å². The molecule has 178 valence electrons. The average Bonchev–Trinajstić information content (AvgIpc) is 3.23. The van der Waals surface area contributed by atoms with E-state index < -0.39 is 17.5 Å². The van der Waals surface area contributed by atoms with E-state index in [2.05, 4.69) is 15.5 Å². The van der Waals surface area contributed by atoms with Gasteiger partial charge in [0.2, 0.25) is 11.7 Å². The topological polar surface area (TPSA) is 90.5 Å². The van der Waals surface area contributed by atoms with Gasteiger partial charge < -0.3 is 10.1 Å². The zero-order valence-electron chi connectivity index (χ0n) is 18.6. The molecule has 0 aliphatic heterocycles. The Morgan fingerprint density at radius 2 is 1.97 bits per heavy atom. The number of nitrogens with one attached hydrogen (secondary N) is 1. The Morgan fingerprint density at radius 1 is 1.18 bits per heavy atom. The number of aryl methyl sites for hydroxylation is 1. The molecule has 2 heterocycles. The lowest BCUT2D eigenvalue weighted by molar-refractivity contribution is -0.113. The number of rotatable bonds is 9. The SMILES string of the molecule is CC(C)OCCCn1c(=O)c2ccccc2n2c(SCC(=O)Nc3ccc(F)cc3F)nnc12. The van der Waals surface area contributed by atoms with Crippen LogP contribution in [-0.2, 0) is 16.1 Å². The molecule has 0 unspecified atom stereocenters. The van der Waals surface area contributed by atoms with Crippen LogP contribution in [0.25, 0.3) is 16.7 Å². The number of thioether (sulfide) groups is 1. The van der Waals surface area contributed by atoms with Crippen molar-refractivity contribution in [3.8, 4) is 0 Å². The summed E-state index contributed by atoms with van der Waals surface area (Å²) in [5, 5.41) is 11.7. The van der Waals surface area contributed by atoms with Gasteiger partial charge in [-0.15, -0.1) is 10.2 Å². The van der Waals surface area contributed by atoms with Crippen LogP contribution in [0.3, 0.4) is 0 Å². The second-order valence-electron chi connectivity index (χ2n) is 7.83. The molecule has 2 aromatic heterocycles. The van der Waals surface area contributed by atoms with Crippen molar-refractivity contribution in [2.24, 2.45) is 0 Å². The van der Waals surface area contributed by atoms with Gasteiger partial charge in [-0.1, -0.05) is 23.9 Å². The van der Waals surface area contributed by atoms with E-state index in [9.17, 15) is 18.4 Å². The number of amides is 1. The van der Waals surface area contributed by atoms with Gasteiger partial charge in [0.25, 0.3) is 5.56 Å². The van der Waals surface area contributed by atoms with Gasteiger partial charge in [-0.2, -0.15) is 0 Å². The molecule has 0 atom stereocenters. The molecule has 0 aliphatic rings. The summed E-state index contributed by atoms with van der Waals surface area (Å²) in [6.45, 7) is 4.79. The zero-order chi connectivity index (χ0) is 24.2. The summed E-state index contributed by atoms with van der Waals surface area (Å²) in [5.41, 5.74) is 0.330. The Hall–Kier alpha value is -3.31. The van der Waals surface area contributed by atoms with Gasteiger partial charge in [-0.25, -0.2) is 8.78 Å². The summed E-state index contributed by atoms with van der Waals surface area (Å²) in [4.78, 5) is 25.5. The number of ether oxygens (including phenoxy) is 1. The van der Waals surface area contributed by atoms with E-state index in [4.69, 9.17) is 4.74 Å². The summed E-state index contributed by atoms with van der Waals surface area (Å²) in [6, 6.07) is 10.0. The molecule has 0 bridgehead atoms. The van der Waals surface area contributed by atoms with E-state index in [1.165, 1.54) is 0 Å². The van der Waals surface area contributed by atoms with Crippen LogP contribution in [0.1, 0.15) is 20.3 Å². The van der Waals surface area contributed by atoms with Crippen LogP contribution in [0.2, 0.25) is 0 Å². The summed E-state index contributed by atoms with van der Waals surface area (Å²) in [5.74, 6) is -1.81. The van der Waals surface area contributed by atoms with Crippen LogP contribution in [0.4, 0.5) is 14.5 Å². The smallest absolute Gasteiger partial charge is 0.262 e. The fraction of sp³-hybridized carbons (Fsp3) is 0.304. The van der Waals surface area contributed by atoms with E-state index in [-0.39, 0.29) is 23.1 Å². The first kappa shape index (κ1) is 23.8. The number of carbonyl (C=O) groups excluding carboxylic acids is 1. The number of fused-ring (bicyclic) bond motifs is 3. The Kier molecular flexibility index (Phi) is 7.23. The lowest BCUT2D eigenvalue weighted by Crippen LogP contribution is -2.24. The number of halogens is 2. The molecule has 1 N–H and O–H groups in total. The van der Waals surface area contributed by atoms with Crippen LogP contribution in [-0.4, -0.2) is 43.5 Å². The Morgan fingerprint density at radius 3 is 2.74 bits per heavy atom. The number of aromatic nitrogens is 4. The summed E-state index contributed by atoms with van der Waals surface area (Å²) >= 11 is 1.10. The van der Waals surface area contributed by atoms with Gasteiger partial charge >= 0.3 is 0 Å². The first-order valence-electron chi connectivity index (χ1n) is 10.7. The van der Waals surface area contributed by atoms with Crippen molar-refractivity contribution in [2.45, 2.75) is 38.1 Å². The van der Waals surface area contributed by atoms with Crippen molar-refractivity contribution in [2.75, 3.05) is 17.7 Å². The number of para-hydroxylation sites is 1. The highest BCUT2D eigenvalue weighted by Gasteiger charge is 2.18. The first-order chi connectivity index (χ1) is 16.3. The fourth-order valence-corrected chi connectivity index (χ4v) is 4.22. The lowest BCUT2D eigenvalue weighted by Gasteiger charge is -2.12. The highest BCUT2D eigenvalue weighted by molar-refractivity contribution is 7.99. The third-order valence-electron chi connectivity index (χ3n) is 4.99. The summed E-state index contributed by atoms with van der Waals surface area (Å²) in [7, 11) is 0. The van der Waals surface area contributed by atoms with Crippen LogP contribution >= 0.6 is 11.8 Å². The lowest BCUT2D eigenvalue weighted by atomic mass is 10.2. The van der Waals surface area contributed by atoms with Crippen LogP contribution in [0, 0.1) is 11.6 Å². The van der Waals surface area contributed by atoms with Gasteiger partial charge in [-0.3, -0.25) is 18.6 Å². The predicted molar refractivity (Wildman–Crippen MR) is 126 cm³/mol. The minimum Gasteiger partial charge on any atom is -0.379 e. The maximum atomic E-state index is 13.8. The molecule has 4 rings (SSSR count). The van der Waals surface area contributed by atoms with Gasteiger partial charge in [0.1, 0.15) is 11.6 Å². The van der Waals surface area contributed by atoms with Crippen molar-refractivity contribution >= 4 is 40.0 Å². The molecule has 0 aliphatic carbocycles. The maximum absolute atomic E-state index is 13.8. The van der Waals surface area contributed by atoms with Crippen LogP contribution in [0.5, 0.6) is 0 Å². The minimum atomic E-state index is -0.859. The number of benzene rings is 2. The first-order valence-corrected chi connectivity index (χ1v) is 11.7. The highest BCUT2D eigenvalue weighted by Crippen LogP contribution is 2.22. The molecule has 8 nitrogen and oxygen atoms in total. The van der Waals surface area contributed by atoms with E-state index >= 15 is 0 Å². The van der Waals surface area contributed by atoms with E-state index in [0.717, 1.165) is 23.9 Å². The second-order valence-corrected chi connectivity index (χ2v) is 8.77. The normalized spacial score (nSPS) is 11.6. The minimum absolute atomic E-state index is 0.0900. The molecule has 1 amide bonds. The van der Waals surface area contributed by atoms with Crippen molar-refractivity contribution in [3.05, 3.63) is 64.5 Å². The average molecular weight is 488 g/mol. The van der Waals surface area contributed by atoms with Gasteiger partial charge in [0.15, 0.2) is 5.16 Å². The molecule has 0 spiro atoms. The van der Waals surface area contributed by atoms with Gasteiger partial charge in [0, 0.05) is 19.2 Å². The molecule has 0 radical (unpaired) electrons. The molecule has 0 saturated heterocycles.